The van der Waals surface area contributed by atoms with Gasteiger partial charge in [-0.3, -0.25) is 4.79 Å². The maximum atomic E-state index is 11.6. The Morgan fingerprint density at radius 2 is 2.19 bits per heavy atom. The summed E-state index contributed by atoms with van der Waals surface area (Å²) in [5.41, 5.74) is 7.02. The van der Waals surface area contributed by atoms with Gasteiger partial charge in [-0.25, -0.2) is 0 Å². The number of nitrogens with one attached hydrogen (secondary N) is 1. The minimum atomic E-state index is -0.0593. The molecule has 0 saturated carbocycles. The van der Waals surface area contributed by atoms with Gasteiger partial charge in [0.05, 0.1) is 0 Å². The lowest BCUT2D eigenvalue weighted by Crippen LogP contribution is -2.34. The second-order valence-corrected chi connectivity index (χ2v) is 6.18. The van der Waals surface area contributed by atoms with E-state index in [1.165, 1.54) is 12.0 Å². The molecule has 116 valence electrons. The fourth-order valence-electron chi connectivity index (χ4n) is 2.84. The Morgan fingerprint density at radius 3 is 2.90 bits per heavy atom. The van der Waals surface area contributed by atoms with Gasteiger partial charge in [-0.05, 0) is 37.8 Å². The van der Waals surface area contributed by atoms with Gasteiger partial charge in [0.25, 0.3) is 0 Å². The van der Waals surface area contributed by atoms with Gasteiger partial charge in [-0.2, -0.15) is 0 Å². The summed E-state index contributed by atoms with van der Waals surface area (Å²) >= 11 is 0. The van der Waals surface area contributed by atoms with E-state index in [9.17, 15) is 4.79 Å². The van der Waals surface area contributed by atoms with Crippen LogP contribution in [0.2, 0.25) is 0 Å². The zero-order chi connectivity index (χ0) is 15.1. The first-order valence-corrected chi connectivity index (χ1v) is 7.92. The quantitative estimate of drug-likeness (QED) is 0.798. The van der Waals surface area contributed by atoms with E-state index in [4.69, 9.17) is 5.73 Å². The summed E-state index contributed by atoms with van der Waals surface area (Å²) in [6, 6.07) is 10.5. The van der Waals surface area contributed by atoms with E-state index < -0.39 is 0 Å². The Kier molecular flexibility index (Phi) is 6.21. The number of carbonyl (C=O) groups is 1. The Balaban J connectivity index is 1.63. The molecule has 4 nitrogen and oxygen atoms in total. The predicted molar refractivity (Wildman–Crippen MR) is 86.0 cm³/mol. The van der Waals surface area contributed by atoms with E-state index in [2.05, 4.69) is 40.5 Å². The standard InChI is InChI=1S/C17H27N3O/c1-14(18)11-17(21)19-12-16-8-10-20(13-16)9-7-15-5-3-2-4-6-15/h2-6,14,16H,7-13,18H2,1H3,(H,19,21). The molecule has 0 aromatic heterocycles. The van der Waals surface area contributed by atoms with Gasteiger partial charge in [-0.15, -0.1) is 0 Å². The van der Waals surface area contributed by atoms with Crippen LogP contribution in [-0.4, -0.2) is 43.0 Å². The Morgan fingerprint density at radius 1 is 1.43 bits per heavy atom. The number of carbonyl (C=O) groups excluding carboxylic acids is 1. The molecule has 4 heteroatoms. The summed E-state index contributed by atoms with van der Waals surface area (Å²) in [5, 5.41) is 3.00. The smallest absolute Gasteiger partial charge is 0.221 e. The molecular weight excluding hydrogens is 262 g/mol. The molecule has 0 bridgehead atoms. The van der Waals surface area contributed by atoms with Crippen LogP contribution in [-0.2, 0) is 11.2 Å². The van der Waals surface area contributed by atoms with E-state index >= 15 is 0 Å². The Bertz CT molecular complexity index is 433. The highest BCUT2D eigenvalue weighted by Gasteiger charge is 2.22. The summed E-state index contributed by atoms with van der Waals surface area (Å²) in [6.07, 6.45) is 2.70. The number of nitrogens with zero attached hydrogens (tertiary/aromatic N) is 1. The topological polar surface area (TPSA) is 58.4 Å². The predicted octanol–water partition coefficient (Wildman–Crippen LogP) is 1.40. The summed E-state index contributed by atoms with van der Waals surface area (Å²) in [5.74, 6) is 0.658. The lowest BCUT2D eigenvalue weighted by atomic mass is 10.1. The third kappa shape index (κ3) is 5.86. The molecule has 3 N–H and O–H groups in total. The van der Waals surface area contributed by atoms with Crippen molar-refractivity contribution < 1.29 is 4.79 Å². The van der Waals surface area contributed by atoms with Crippen LogP contribution in [0.25, 0.3) is 0 Å². The number of likely N-dealkylation sites (tertiary alicyclic amines) is 1. The third-order valence-corrected chi connectivity index (χ3v) is 4.02. The summed E-state index contributed by atoms with van der Waals surface area (Å²) in [4.78, 5) is 14.1. The average Bonchev–Trinajstić information content (AvgIpc) is 2.91. The van der Waals surface area contributed by atoms with E-state index in [0.717, 1.165) is 32.6 Å². The average molecular weight is 289 g/mol. The minimum Gasteiger partial charge on any atom is -0.356 e. The molecule has 1 aromatic rings. The second-order valence-electron chi connectivity index (χ2n) is 6.18. The molecule has 21 heavy (non-hydrogen) atoms. The molecule has 1 fully saturated rings. The van der Waals surface area contributed by atoms with Crippen molar-refractivity contribution in [2.24, 2.45) is 11.7 Å². The van der Waals surface area contributed by atoms with Gasteiger partial charge in [0.1, 0.15) is 0 Å². The molecule has 1 aromatic carbocycles. The molecule has 2 atom stereocenters. The van der Waals surface area contributed by atoms with Crippen LogP contribution < -0.4 is 11.1 Å². The van der Waals surface area contributed by atoms with Gasteiger partial charge in [-0.1, -0.05) is 30.3 Å². The van der Waals surface area contributed by atoms with Crippen molar-refractivity contribution >= 4 is 5.91 Å². The Labute approximate surface area is 127 Å². The van der Waals surface area contributed by atoms with E-state index in [0.29, 0.717) is 12.3 Å². The molecule has 2 unspecified atom stereocenters. The molecule has 1 heterocycles. The van der Waals surface area contributed by atoms with Crippen LogP contribution in [0.4, 0.5) is 0 Å². The monoisotopic (exact) mass is 289 g/mol. The van der Waals surface area contributed by atoms with Gasteiger partial charge in [0.2, 0.25) is 5.91 Å². The van der Waals surface area contributed by atoms with Gasteiger partial charge in [0, 0.05) is 32.1 Å². The maximum absolute atomic E-state index is 11.6. The van der Waals surface area contributed by atoms with E-state index in [1.54, 1.807) is 0 Å². The van der Waals surface area contributed by atoms with E-state index in [1.807, 2.05) is 6.92 Å². The molecule has 0 aliphatic carbocycles. The number of amides is 1. The van der Waals surface area contributed by atoms with Crippen molar-refractivity contribution in [1.82, 2.24) is 10.2 Å². The molecule has 0 radical (unpaired) electrons. The highest BCUT2D eigenvalue weighted by Crippen LogP contribution is 2.16. The first kappa shape index (κ1) is 16.0. The lowest BCUT2D eigenvalue weighted by Gasteiger charge is -2.16. The van der Waals surface area contributed by atoms with Crippen molar-refractivity contribution in [3.05, 3.63) is 35.9 Å². The number of hydrogen-bond acceptors (Lipinski definition) is 3. The first-order valence-electron chi connectivity index (χ1n) is 7.92. The molecule has 2 rings (SSSR count). The van der Waals surface area contributed by atoms with Crippen LogP contribution in [0.5, 0.6) is 0 Å². The minimum absolute atomic E-state index is 0.0593. The van der Waals surface area contributed by atoms with Gasteiger partial charge >= 0.3 is 0 Å². The van der Waals surface area contributed by atoms with Crippen LogP contribution in [0.3, 0.4) is 0 Å². The van der Waals surface area contributed by atoms with Crippen molar-refractivity contribution in [2.75, 3.05) is 26.2 Å². The van der Waals surface area contributed by atoms with Crippen molar-refractivity contribution in [2.45, 2.75) is 32.2 Å². The van der Waals surface area contributed by atoms with Crippen molar-refractivity contribution in [3.63, 3.8) is 0 Å². The fraction of sp³-hybridized carbons (Fsp3) is 0.588. The number of rotatable bonds is 7. The van der Waals surface area contributed by atoms with Crippen LogP contribution in [0.1, 0.15) is 25.3 Å². The van der Waals surface area contributed by atoms with Crippen LogP contribution in [0, 0.1) is 5.92 Å². The fourth-order valence-corrected chi connectivity index (χ4v) is 2.84. The lowest BCUT2D eigenvalue weighted by molar-refractivity contribution is -0.121. The third-order valence-electron chi connectivity index (χ3n) is 4.02. The summed E-state index contributed by atoms with van der Waals surface area (Å²) in [6.45, 7) is 5.98. The first-order chi connectivity index (χ1) is 10.1. The Hall–Kier alpha value is -1.39. The molecule has 1 aliphatic rings. The van der Waals surface area contributed by atoms with Crippen LogP contribution >= 0.6 is 0 Å². The summed E-state index contributed by atoms with van der Waals surface area (Å²) in [7, 11) is 0. The van der Waals surface area contributed by atoms with Gasteiger partial charge < -0.3 is 16.0 Å². The molecular formula is C17H27N3O. The van der Waals surface area contributed by atoms with Crippen molar-refractivity contribution in [3.8, 4) is 0 Å². The maximum Gasteiger partial charge on any atom is 0.221 e. The molecule has 1 amide bonds. The molecule has 1 saturated heterocycles. The highest BCUT2D eigenvalue weighted by molar-refractivity contribution is 5.76. The van der Waals surface area contributed by atoms with E-state index in [-0.39, 0.29) is 11.9 Å². The zero-order valence-electron chi connectivity index (χ0n) is 12.9. The largest absolute Gasteiger partial charge is 0.356 e. The number of nitrogens with two attached hydrogens (primary N) is 1. The normalized spacial score (nSPS) is 20.4. The summed E-state index contributed by atoms with van der Waals surface area (Å²) < 4.78 is 0. The van der Waals surface area contributed by atoms with Crippen LogP contribution in [0.15, 0.2) is 30.3 Å². The molecule has 0 spiro atoms. The van der Waals surface area contributed by atoms with Gasteiger partial charge in [0.15, 0.2) is 0 Å². The number of hydrogen-bond donors (Lipinski definition) is 2. The molecule has 1 aliphatic heterocycles. The highest BCUT2D eigenvalue weighted by atomic mass is 16.1. The zero-order valence-corrected chi connectivity index (χ0v) is 12.9. The van der Waals surface area contributed by atoms with Crippen molar-refractivity contribution in [1.29, 1.82) is 0 Å². The second kappa shape index (κ2) is 8.15. The number of benzene rings is 1. The SMILES string of the molecule is CC(N)CC(=O)NCC1CCN(CCc2ccccc2)C1.